The van der Waals surface area contributed by atoms with Crippen LogP contribution in [-0.4, -0.2) is 40.3 Å². The second-order valence-corrected chi connectivity index (χ2v) is 7.35. The molecule has 24 heavy (non-hydrogen) atoms. The zero-order valence-electron chi connectivity index (χ0n) is 14.5. The number of ether oxygens (including phenoxy) is 1. The first-order valence-electron chi connectivity index (χ1n) is 8.58. The minimum atomic E-state index is -0.903. The zero-order chi connectivity index (χ0) is 17.1. The Hall–Kier alpha value is -1.92. The molecule has 2 unspecified atom stereocenters. The Morgan fingerprint density at radius 2 is 2.12 bits per heavy atom. The maximum absolute atomic E-state index is 13.2. The molecule has 2 atom stereocenters. The molecule has 1 aromatic heterocycles. The van der Waals surface area contributed by atoms with E-state index in [0.717, 1.165) is 17.6 Å². The summed E-state index contributed by atoms with van der Waals surface area (Å²) in [6, 6.07) is 7.97. The number of imidazole rings is 1. The molecule has 0 saturated heterocycles. The first kappa shape index (κ1) is 15.6. The lowest BCUT2D eigenvalue weighted by atomic mass is 9.54. The van der Waals surface area contributed by atoms with Crippen LogP contribution in [-0.2, 0) is 16.1 Å². The maximum atomic E-state index is 13.2. The SMILES string of the molecule is CCOC1CC(N)(C(=O)N2CCn3c2nc2ccccc23)C1(C)C. The van der Waals surface area contributed by atoms with Crippen LogP contribution < -0.4 is 10.6 Å². The monoisotopic (exact) mass is 328 g/mol. The normalized spacial score (nSPS) is 28.0. The minimum absolute atomic E-state index is 0.0258. The van der Waals surface area contributed by atoms with Crippen LogP contribution in [0.3, 0.4) is 0 Å². The molecule has 2 aromatic rings. The van der Waals surface area contributed by atoms with Gasteiger partial charge in [-0.3, -0.25) is 9.69 Å². The van der Waals surface area contributed by atoms with E-state index in [9.17, 15) is 4.79 Å². The molecule has 0 radical (unpaired) electrons. The molecule has 128 valence electrons. The zero-order valence-corrected chi connectivity index (χ0v) is 14.5. The molecule has 6 heteroatoms. The summed E-state index contributed by atoms with van der Waals surface area (Å²) in [5, 5.41) is 0. The molecular formula is C18H24N4O2. The number of carbonyl (C=O) groups is 1. The predicted molar refractivity (Wildman–Crippen MR) is 92.8 cm³/mol. The van der Waals surface area contributed by atoms with Crippen LogP contribution in [0, 0.1) is 5.41 Å². The summed E-state index contributed by atoms with van der Waals surface area (Å²) < 4.78 is 7.85. The van der Waals surface area contributed by atoms with Crippen molar-refractivity contribution in [3.05, 3.63) is 24.3 Å². The van der Waals surface area contributed by atoms with Gasteiger partial charge in [-0.2, -0.15) is 0 Å². The second-order valence-electron chi connectivity index (χ2n) is 7.35. The van der Waals surface area contributed by atoms with Crippen molar-refractivity contribution in [1.82, 2.24) is 9.55 Å². The van der Waals surface area contributed by atoms with Crippen LogP contribution in [0.25, 0.3) is 11.0 Å². The summed E-state index contributed by atoms with van der Waals surface area (Å²) in [7, 11) is 0. The lowest BCUT2D eigenvalue weighted by Gasteiger charge is -2.58. The fourth-order valence-electron chi connectivity index (χ4n) is 4.02. The summed E-state index contributed by atoms with van der Waals surface area (Å²) in [5.74, 6) is 0.666. The molecule has 2 heterocycles. The van der Waals surface area contributed by atoms with Crippen LogP contribution in [0.15, 0.2) is 24.3 Å². The van der Waals surface area contributed by atoms with Gasteiger partial charge in [0.2, 0.25) is 11.9 Å². The van der Waals surface area contributed by atoms with E-state index in [4.69, 9.17) is 10.5 Å². The standard InChI is InChI=1S/C18H24N4O2/c1-4-24-14-11-18(19,17(14,2)3)15(23)22-10-9-21-13-8-6-5-7-12(13)20-16(21)22/h5-8,14H,4,9-11,19H2,1-3H3. The highest BCUT2D eigenvalue weighted by atomic mass is 16.5. The Balaban J connectivity index is 1.66. The van der Waals surface area contributed by atoms with Crippen molar-refractivity contribution in [2.24, 2.45) is 11.1 Å². The van der Waals surface area contributed by atoms with Crippen LogP contribution >= 0.6 is 0 Å². The van der Waals surface area contributed by atoms with Crippen LogP contribution in [0.1, 0.15) is 27.2 Å². The van der Waals surface area contributed by atoms with Crippen molar-refractivity contribution in [1.29, 1.82) is 0 Å². The number of nitrogens with two attached hydrogens (primary N) is 1. The molecular weight excluding hydrogens is 304 g/mol. The number of fused-ring (bicyclic) bond motifs is 3. The number of nitrogens with zero attached hydrogens (tertiary/aromatic N) is 3. The van der Waals surface area contributed by atoms with Crippen LogP contribution in [0.4, 0.5) is 5.95 Å². The van der Waals surface area contributed by atoms with E-state index in [2.05, 4.69) is 9.55 Å². The summed E-state index contributed by atoms with van der Waals surface area (Å²) in [4.78, 5) is 19.7. The topological polar surface area (TPSA) is 73.4 Å². The van der Waals surface area contributed by atoms with Gasteiger partial charge in [-0.05, 0) is 19.1 Å². The van der Waals surface area contributed by atoms with E-state index >= 15 is 0 Å². The van der Waals surface area contributed by atoms with E-state index in [1.807, 2.05) is 45.0 Å². The third kappa shape index (κ3) is 1.84. The molecule has 0 bridgehead atoms. The van der Waals surface area contributed by atoms with Crippen LogP contribution in [0.5, 0.6) is 0 Å². The van der Waals surface area contributed by atoms with E-state index in [-0.39, 0.29) is 17.4 Å². The van der Waals surface area contributed by atoms with Gasteiger partial charge in [0.1, 0.15) is 5.54 Å². The number of amides is 1. The van der Waals surface area contributed by atoms with Gasteiger partial charge in [0.05, 0.1) is 17.1 Å². The molecule has 1 saturated carbocycles. The van der Waals surface area contributed by atoms with E-state index < -0.39 is 5.54 Å². The number of carbonyl (C=O) groups excluding carboxylic acids is 1. The van der Waals surface area contributed by atoms with Crippen molar-refractivity contribution >= 4 is 22.9 Å². The molecule has 1 aromatic carbocycles. The van der Waals surface area contributed by atoms with Gasteiger partial charge in [-0.25, -0.2) is 4.98 Å². The molecule has 2 N–H and O–H groups in total. The molecule has 0 spiro atoms. The number of hydrogen-bond donors (Lipinski definition) is 1. The number of rotatable bonds is 3. The predicted octanol–water partition coefficient (Wildman–Crippen LogP) is 1.92. The Morgan fingerprint density at radius 3 is 2.83 bits per heavy atom. The van der Waals surface area contributed by atoms with Gasteiger partial charge in [-0.15, -0.1) is 0 Å². The lowest BCUT2D eigenvalue weighted by Crippen LogP contribution is -2.76. The maximum Gasteiger partial charge on any atom is 0.250 e. The average molecular weight is 328 g/mol. The van der Waals surface area contributed by atoms with Crippen molar-refractivity contribution in [2.45, 2.75) is 45.4 Å². The third-order valence-corrected chi connectivity index (χ3v) is 5.88. The van der Waals surface area contributed by atoms with Gasteiger partial charge in [0.15, 0.2) is 0 Å². The number of benzene rings is 1. The quantitative estimate of drug-likeness (QED) is 0.934. The third-order valence-electron chi connectivity index (χ3n) is 5.88. The number of hydrogen-bond acceptors (Lipinski definition) is 4. The molecule has 1 aliphatic heterocycles. The van der Waals surface area contributed by atoms with Crippen molar-refractivity contribution in [3.8, 4) is 0 Å². The Bertz CT molecular complexity index is 812. The molecule has 1 fully saturated rings. The van der Waals surface area contributed by atoms with E-state index in [1.165, 1.54) is 0 Å². The van der Waals surface area contributed by atoms with E-state index in [1.54, 1.807) is 4.90 Å². The number of anilines is 1. The van der Waals surface area contributed by atoms with Crippen molar-refractivity contribution in [2.75, 3.05) is 18.1 Å². The number of para-hydroxylation sites is 2. The fraction of sp³-hybridized carbons (Fsp3) is 0.556. The van der Waals surface area contributed by atoms with Gasteiger partial charge < -0.3 is 15.0 Å². The first-order chi connectivity index (χ1) is 11.4. The van der Waals surface area contributed by atoms with Gasteiger partial charge in [0, 0.05) is 31.5 Å². The lowest BCUT2D eigenvalue weighted by molar-refractivity contribution is -0.168. The van der Waals surface area contributed by atoms with Gasteiger partial charge >= 0.3 is 0 Å². The Morgan fingerprint density at radius 1 is 1.38 bits per heavy atom. The average Bonchev–Trinajstić information content (AvgIpc) is 3.12. The summed E-state index contributed by atoms with van der Waals surface area (Å²) in [6.45, 7) is 8.03. The Kier molecular flexibility index (Phi) is 3.27. The first-order valence-corrected chi connectivity index (χ1v) is 8.58. The highest BCUT2D eigenvalue weighted by molar-refractivity contribution is 6.02. The summed E-state index contributed by atoms with van der Waals surface area (Å²) in [5.41, 5.74) is 7.25. The largest absolute Gasteiger partial charge is 0.378 e. The highest BCUT2D eigenvalue weighted by Gasteiger charge is 2.64. The summed E-state index contributed by atoms with van der Waals surface area (Å²) >= 11 is 0. The van der Waals surface area contributed by atoms with Crippen LogP contribution in [0.2, 0.25) is 0 Å². The molecule has 4 rings (SSSR count). The summed E-state index contributed by atoms with van der Waals surface area (Å²) in [6.07, 6.45) is 0.585. The van der Waals surface area contributed by atoms with Gasteiger partial charge in [-0.1, -0.05) is 26.0 Å². The van der Waals surface area contributed by atoms with Crippen molar-refractivity contribution < 1.29 is 9.53 Å². The Labute approximate surface area is 141 Å². The molecule has 6 nitrogen and oxygen atoms in total. The van der Waals surface area contributed by atoms with Crippen molar-refractivity contribution in [3.63, 3.8) is 0 Å². The molecule has 1 amide bonds. The fourth-order valence-corrected chi connectivity index (χ4v) is 4.02. The van der Waals surface area contributed by atoms with E-state index in [0.29, 0.717) is 25.5 Å². The smallest absolute Gasteiger partial charge is 0.250 e. The van der Waals surface area contributed by atoms with Gasteiger partial charge in [0.25, 0.3) is 0 Å². The highest BCUT2D eigenvalue weighted by Crippen LogP contribution is 2.51. The molecule has 1 aliphatic carbocycles. The second kappa shape index (κ2) is 5.04. The minimum Gasteiger partial charge on any atom is -0.378 e. The number of aromatic nitrogens is 2. The molecule has 2 aliphatic rings.